The van der Waals surface area contributed by atoms with Gasteiger partial charge in [0, 0.05) is 37.2 Å². The summed E-state index contributed by atoms with van der Waals surface area (Å²) in [6.07, 6.45) is 1.14. The van der Waals surface area contributed by atoms with Crippen LogP contribution in [0.1, 0.15) is 61.5 Å². The van der Waals surface area contributed by atoms with E-state index in [1.165, 1.54) is 5.56 Å². The molecule has 9 nitrogen and oxygen atoms in total. The maximum absolute atomic E-state index is 13.3. The Kier molecular flexibility index (Phi) is 13.5. The van der Waals surface area contributed by atoms with E-state index in [0.29, 0.717) is 24.9 Å². The van der Waals surface area contributed by atoms with Gasteiger partial charge in [0.05, 0.1) is 12.7 Å². The Bertz CT molecular complexity index is 1340. The first-order chi connectivity index (χ1) is 21.1. The van der Waals surface area contributed by atoms with E-state index in [-0.39, 0.29) is 43.8 Å². The molecule has 9 heteroatoms. The second-order valence-corrected chi connectivity index (χ2v) is 11.6. The van der Waals surface area contributed by atoms with Crippen molar-refractivity contribution in [3.63, 3.8) is 0 Å². The van der Waals surface area contributed by atoms with Crippen LogP contribution in [0.15, 0.2) is 78.9 Å². The van der Waals surface area contributed by atoms with E-state index in [2.05, 4.69) is 21.3 Å². The van der Waals surface area contributed by atoms with Gasteiger partial charge >= 0.3 is 0 Å². The van der Waals surface area contributed by atoms with Gasteiger partial charge in [-0.05, 0) is 68.4 Å². The molecule has 0 aliphatic rings. The Balaban J connectivity index is 1.64. The van der Waals surface area contributed by atoms with Crippen LogP contribution >= 0.6 is 0 Å². The van der Waals surface area contributed by atoms with Gasteiger partial charge in [-0.3, -0.25) is 14.4 Å². The third-order valence-electron chi connectivity index (χ3n) is 7.32. The van der Waals surface area contributed by atoms with Gasteiger partial charge in [0.1, 0.15) is 6.04 Å². The fraction of sp³-hybridized carbons (Fsp3) is 0.400. The molecule has 3 amide bonds. The maximum Gasteiger partial charge on any atom is 0.251 e. The molecule has 0 aromatic heterocycles. The number of hydrogen-bond acceptors (Lipinski definition) is 6. The molecule has 0 bridgehead atoms. The van der Waals surface area contributed by atoms with E-state index in [1.54, 1.807) is 6.07 Å². The van der Waals surface area contributed by atoms with E-state index in [1.807, 2.05) is 93.6 Å². The first-order valence-corrected chi connectivity index (χ1v) is 15.2. The number of β-amino-alcohol motifs (C(OH)–C–C–N with tert-alkyl or cyclic N) is 1. The van der Waals surface area contributed by atoms with Crippen LogP contribution in [0.5, 0.6) is 0 Å². The third-order valence-corrected chi connectivity index (χ3v) is 7.32. The fourth-order valence-electron chi connectivity index (χ4n) is 4.89. The highest BCUT2D eigenvalue weighted by molar-refractivity contribution is 6.00. The smallest absolute Gasteiger partial charge is 0.251 e. The highest BCUT2D eigenvalue weighted by atomic mass is 16.3. The molecular formula is C35H46N4O5. The molecule has 0 saturated heterocycles. The number of hydrogen-bond donors (Lipinski definition) is 6. The Morgan fingerprint density at radius 2 is 1.55 bits per heavy atom. The number of amides is 3. The number of nitrogens with one attached hydrogen (secondary N) is 4. The maximum atomic E-state index is 13.3. The molecule has 0 aliphatic heterocycles. The molecule has 44 heavy (non-hydrogen) atoms. The highest BCUT2D eigenvalue weighted by Gasteiger charge is 2.26. The standard InChI is InChI=1S/C35H46N4O5/c1-4-36-33(43)30-15-9-8-14-29(30)27-19-17-26(18-20-27)22-37-34(44)31(16-10-13-25-11-6-5-7-12-25)39-32(42)21-35(2,3)38-23-28(41)24-40/h5-9,11-12,14-15,17-20,28,31,38,40-41H,4,10,13,16,21-24H2,1-3H3,(H,36,43)(H,37,44)(H,39,42)/t28-,31+/m0/s1. The Morgan fingerprint density at radius 3 is 2.23 bits per heavy atom. The van der Waals surface area contributed by atoms with Gasteiger partial charge in [0.2, 0.25) is 11.8 Å². The summed E-state index contributed by atoms with van der Waals surface area (Å²) in [4.78, 5) is 38.9. The summed E-state index contributed by atoms with van der Waals surface area (Å²) in [6, 6.07) is 24.4. The molecule has 236 valence electrons. The molecule has 0 fully saturated rings. The molecule has 0 heterocycles. The zero-order chi connectivity index (χ0) is 32.0. The number of aryl methyl sites for hydroxylation is 1. The van der Waals surface area contributed by atoms with Crippen molar-refractivity contribution in [2.24, 2.45) is 0 Å². The van der Waals surface area contributed by atoms with Crippen LogP contribution < -0.4 is 21.3 Å². The molecular weight excluding hydrogens is 556 g/mol. The lowest BCUT2D eigenvalue weighted by atomic mass is 9.98. The van der Waals surface area contributed by atoms with Gasteiger partial charge in [0.15, 0.2) is 0 Å². The van der Waals surface area contributed by atoms with Crippen molar-refractivity contribution in [1.82, 2.24) is 21.3 Å². The van der Waals surface area contributed by atoms with Crippen molar-refractivity contribution in [2.75, 3.05) is 19.7 Å². The summed E-state index contributed by atoms with van der Waals surface area (Å²) in [5.41, 5.74) is 3.74. The number of benzene rings is 3. The third kappa shape index (κ3) is 11.2. The average molecular weight is 603 g/mol. The predicted molar refractivity (Wildman–Crippen MR) is 173 cm³/mol. The fourth-order valence-corrected chi connectivity index (χ4v) is 4.89. The molecule has 3 aromatic rings. The Labute approximate surface area is 260 Å². The summed E-state index contributed by atoms with van der Waals surface area (Å²) in [5.74, 6) is -0.670. The minimum Gasteiger partial charge on any atom is -0.394 e. The normalized spacial score (nSPS) is 12.7. The monoisotopic (exact) mass is 602 g/mol. The summed E-state index contributed by atoms with van der Waals surface area (Å²) >= 11 is 0. The van der Waals surface area contributed by atoms with Crippen LogP contribution in [0.2, 0.25) is 0 Å². The Hall–Kier alpha value is -4.05. The number of aliphatic hydroxyl groups excluding tert-OH is 2. The van der Waals surface area contributed by atoms with Gasteiger partial charge in [-0.1, -0.05) is 72.8 Å². The molecule has 0 spiro atoms. The van der Waals surface area contributed by atoms with Gasteiger partial charge in [-0.15, -0.1) is 0 Å². The van der Waals surface area contributed by atoms with Crippen molar-refractivity contribution in [3.8, 4) is 11.1 Å². The number of rotatable bonds is 17. The lowest BCUT2D eigenvalue weighted by Gasteiger charge is -2.28. The van der Waals surface area contributed by atoms with Crippen LogP contribution in [0.4, 0.5) is 0 Å². The number of carbonyl (C=O) groups excluding carboxylic acids is 3. The second-order valence-electron chi connectivity index (χ2n) is 11.6. The topological polar surface area (TPSA) is 140 Å². The van der Waals surface area contributed by atoms with Crippen molar-refractivity contribution in [2.45, 2.75) is 70.7 Å². The zero-order valence-electron chi connectivity index (χ0n) is 25.9. The van der Waals surface area contributed by atoms with E-state index < -0.39 is 17.7 Å². The number of aliphatic hydroxyl groups is 2. The molecule has 6 N–H and O–H groups in total. The van der Waals surface area contributed by atoms with Crippen molar-refractivity contribution >= 4 is 17.7 Å². The minimum absolute atomic E-state index is 0.0901. The van der Waals surface area contributed by atoms with Gasteiger partial charge < -0.3 is 31.5 Å². The summed E-state index contributed by atoms with van der Waals surface area (Å²) in [7, 11) is 0. The van der Waals surface area contributed by atoms with Crippen molar-refractivity contribution < 1.29 is 24.6 Å². The van der Waals surface area contributed by atoms with E-state index >= 15 is 0 Å². The quantitative estimate of drug-likeness (QED) is 0.140. The zero-order valence-corrected chi connectivity index (χ0v) is 25.9. The van der Waals surface area contributed by atoms with Gasteiger partial charge in [-0.25, -0.2) is 0 Å². The van der Waals surface area contributed by atoms with Crippen LogP contribution in [0.3, 0.4) is 0 Å². The first kappa shape index (κ1) is 34.4. The first-order valence-electron chi connectivity index (χ1n) is 15.2. The summed E-state index contributed by atoms with van der Waals surface area (Å²) < 4.78 is 0. The largest absolute Gasteiger partial charge is 0.394 e. The average Bonchev–Trinajstić information content (AvgIpc) is 3.02. The molecule has 3 aromatic carbocycles. The van der Waals surface area contributed by atoms with Crippen LogP contribution in [0.25, 0.3) is 11.1 Å². The molecule has 0 saturated carbocycles. The summed E-state index contributed by atoms with van der Waals surface area (Å²) in [6.45, 7) is 6.16. The molecule has 0 unspecified atom stereocenters. The lowest BCUT2D eigenvalue weighted by molar-refractivity contribution is -0.130. The van der Waals surface area contributed by atoms with Gasteiger partial charge in [0.25, 0.3) is 5.91 Å². The molecule has 0 radical (unpaired) electrons. The van der Waals surface area contributed by atoms with E-state index in [4.69, 9.17) is 5.11 Å². The van der Waals surface area contributed by atoms with Crippen LogP contribution in [-0.4, -0.2) is 65.3 Å². The molecule has 3 rings (SSSR count). The minimum atomic E-state index is -0.918. The van der Waals surface area contributed by atoms with E-state index in [9.17, 15) is 19.5 Å². The van der Waals surface area contributed by atoms with Crippen molar-refractivity contribution in [1.29, 1.82) is 0 Å². The molecule has 2 atom stereocenters. The second kappa shape index (κ2) is 17.3. The summed E-state index contributed by atoms with van der Waals surface area (Å²) in [5, 5.41) is 30.6. The number of carbonyl (C=O) groups is 3. The highest BCUT2D eigenvalue weighted by Crippen LogP contribution is 2.24. The SMILES string of the molecule is CCNC(=O)c1ccccc1-c1ccc(CNC(=O)[C@@H](CCCc2ccccc2)NC(=O)CC(C)(C)NC[C@H](O)CO)cc1. The van der Waals surface area contributed by atoms with E-state index in [0.717, 1.165) is 23.1 Å². The Morgan fingerprint density at radius 1 is 0.864 bits per heavy atom. The molecule has 0 aliphatic carbocycles. The lowest BCUT2D eigenvalue weighted by Crippen LogP contribution is -2.51. The van der Waals surface area contributed by atoms with Crippen molar-refractivity contribution in [3.05, 3.63) is 95.6 Å². The van der Waals surface area contributed by atoms with Crippen LogP contribution in [-0.2, 0) is 22.6 Å². The van der Waals surface area contributed by atoms with Crippen LogP contribution in [0, 0.1) is 0 Å². The predicted octanol–water partition coefficient (Wildman–Crippen LogP) is 3.34. The van der Waals surface area contributed by atoms with Gasteiger partial charge in [-0.2, -0.15) is 0 Å².